The Balaban J connectivity index is 1.31. The van der Waals surface area contributed by atoms with Crippen molar-refractivity contribution in [3.05, 3.63) is 94.8 Å². The third-order valence-corrected chi connectivity index (χ3v) is 6.30. The summed E-state index contributed by atoms with van der Waals surface area (Å²) in [4.78, 5) is 34.8. The first kappa shape index (κ1) is 23.4. The van der Waals surface area contributed by atoms with Crippen molar-refractivity contribution in [1.82, 2.24) is 14.5 Å². The summed E-state index contributed by atoms with van der Waals surface area (Å²) in [6.45, 7) is 5.05. The summed E-state index contributed by atoms with van der Waals surface area (Å²) >= 11 is 0. The molecule has 1 aliphatic rings. The second-order valence-electron chi connectivity index (χ2n) is 8.66. The van der Waals surface area contributed by atoms with Crippen molar-refractivity contribution in [3.63, 3.8) is 0 Å². The fraction of sp³-hybridized carbons (Fsp3) is 0.250. The van der Waals surface area contributed by atoms with Crippen LogP contribution in [0.3, 0.4) is 0 Å². The lowest BCUT2D eigenvalue weighted by Gasteiger charge is -2.35. The number of benzene rings is 3. The monoisotopic (exact) mass is 483 g/mol. The van der Waals surface area contributed by atoms with Crippen LogP contribution < -0.4 is 20.5 Å². The smallest absolute Gasteiger partial charge is 0.321 e. The highest BCUT2D eigenvalue weighted by atomic mass is 16.5. The van der Waals surface area contributed by atoms with Gasteiger partial charge in [-0.25, -0.2) is 9.78 Å². The zero-order chi connectivity index (χ0) is 24.9. The van der Waals surface area contributed by atoms with E-state index in [1.807, 2.05) is 90.7 Å². The average molecular weight is 484 g/mol. The molecule has 0 spiro atoms. The Hall–Kier alpha value is -4.33. The lowest BCUT2D eigenvalue weighted by Crippen LogP contribution is -2.51. The third-order valence-electron chi connectivity index (χ3n) is 6.30. The maximum Gasteiger partial charge on any atom is 0.321 e. The van der Waals surface area contributed by atoms with Gasteiger partial charge >= 0.3 is 6.03 Å². The van der Waals surface area contributed by atoms with Crippen LogP contribution in [0.15, 0.2) is 83.7 Å². The molecule has 1 saturated heterocycles. The Bertz CT molecular complexity index is 1390. The SMILES string of the molecule is CCOc1ccc(NC(=O)N2CCN(c3nc4ccccc4n(Cc4ccccc4)c3=O)CC2)cc1. The van der Waals surface area contributed by atoms with Gasteiger partial charge in [-0.2, -0.15) is 0 Å². The molecule has 184 valence electrons. The minimum Gasteiger partial charge on any atom is -0.494 e. The molecule has 0 saturated carbocycles. The van der Waals surface area contributed by atoms with Crippen LogP contribution in [0.1, 0.15) is 12.5 Å². The third kappa shape index (κ3) is 5.02. The van der Waals surface area contributed by atoms with Gasteiger partial charge in [0.15, 0.2) is 5.82 Å². The van der Waals surface area contributed by atoms with E-state index in [0.29, 0.717) is 50.8 Å². The van der Waals surface area contributed by atoms with Crippen molar-refractivity contribution < 1.29 is 9.53 Å². The first-order valence-corrected chi connectivity index (χ1v) is 12.2. The minimum atomic E-state index is -0.160. The topological polar surface area (TPSA) is 79.7 Å². The predicted molar refractivity (Wildman–Crippen MR) is 142 cm³/mol. The number of carbonyl (C=O) groups is 1. The van der Waals surface area contributed by atoms with Crippen molar-refractivity contribution in [2.45, 2.75) is 13.5 Å². The van der Waals surface area contributed by atoms with Gasteiger partial charge in [0.2, 0.25) is 0 Å². The summed E-state index contributed by atoms with van der Waals surface area (Å²) in [5.74, 6) is 1.20. The lowest BCUT2D eigenvalue weighted by molar-refractivity contribution is 0.208. The summed E-state index contributed by atoms with van der Waals surface area (Å²) in [6.07, 6.45) is 0. The molecule has 2 heterocycles. The fourth-order valence-electron chi connectivity index (χ4n) is 4.43. The first-order valence-electron chi connectivity index (χ1n) is 12.2. The molecule has 0 aliphatic carbocycles. The minimum absolute atomic E-state index is 0.121. The molecule has 8 heteroatoms. The van der Waals surface area contributed by atoms with Crippen molar-refractivity contribution in [1.29, 1.82) is 0 Å². The number of nitrogens with one attached hydrogen (secondary N) is 1. The van der Waals surface area contributed by atoms with E-state index < -0.39 is 0 Å². The molecular weight excluding hydrogens is 454 g/mol. The molecule has 0 unspecified atom stereocenters. The van der Waals surface area contributed by atoms with Gasteiger partial charge in [0.25, 0.3) is 5.56 Å². The number of hydrogen-bond acceptors (Lipinski definition) is 5. The maximum atomic E-state index is 13.6. The van der Waals surface area contributed by atoms with E-state index >= 15 is 0 Å². The summed E-state index contributed by atoms with van der Waals surface area (Å²) < 4.78 is 7.24. The van der Waals surface area contributed by atoms with Gasteiger partial charge in [-0.3, -0.25) is 9.36 Å². The highest BCUT2D eigenvalue weighted by Crippen LogP contribution is 2.19. The Morgan fingerprint density at radius 2 is 1.61 bits per heavy atom. The van der Waals surface area contributed by atoms with Crippen LogP contribution >= 0.6 is 0 Å². The van der Waals surface area contributed by atoms with Gasteiger partial charge < -0.3 is 19.9 Å². The molecule has 8 nitrogen and oxygen atoms in total. The van der Waals surface area contributed by atoms with Crippen LogP contribution in [-0.4, -0.2) is 53.3 Å². The van der Waals surface area contributed by atoms with Crippen LogP contribution in [0.4, 0.5) is 16.3 Å². The summed E-state index contributed by atoms with van der Waals surface area (Å²) in [7, 11) is 0. The highest BCUT2D eigenvalue weighted by Gasteiger charge is 2.25. The number of fused-ring (bicyclic) bond motifs is 1. The molecule has 36 heavy (non-hydrogen) atoms. The maximum absolute atomic E-state index is 13.6. The van der Waals surface area contributed by atoms with Crippen molar-refractivity contribution in [3.8, 4) is 5.75 Å². The zero-order valence-corrected chi connectivity index (χ0v) is 20.3. The molecule has 4 aromatic rings. The number of hydrogen-bond donors (Lipinski definition) is 1. The van der Waals surface area contributed by atoms with E-state index in [-0.39, 0.29) is 11.6 Å². The number of anilines is 2. The van der Waals surface area contributed by atoms with Gasteiger partial charge in [-0.05, 0) is 48.9 Å². The number of amides is 2. The van der Waals surface area contributed by atoms with Crippen molar-refractivity contribution in [2.75, 3.05) is 43.0 Å². The van der Waals surface area contributed by atoms with Crippen molar-refractivity contribution in [2.24, 2.45) is 0 Å². The largest absolute Gasteiger partial charge is 0.494 e. The Morgan fingerprint density at radius 1 is 0.917 bits per heavy atom. The van der Waals surface area contributed by atoms with E-state index in [0.717, 1.165) is 22.3 Å². The molecule has 1 N–H and O–H groups in total. The quantitative estimate of drug-likeness (QED) is 0.445. The Kier molecular flexibility index (Phi) is 6.84. The molecule has 0 radical (unpaired) electrons. The van der Waals surface area contributed by atoms with E-state index in [1.165, 1.54) is 0 Å². The number of urea groups is 1. The highest BCUT2D eigenvalue weighted by molar-refractivity contribution is 5.89. The molecule has 5 rings (SSSR count). The van der Waals surface area contributed by atoms with Gasteiger partial charge in [-0.15, -0.1) is 0 Å². The summed E-state index contributed by atoms with van der Waals surface area (Å²) in [6, 6.07) is 24.8. The number of nitrogens with zero attached hydrogens (tertiary/aromatic N) is 4. The zero-order valence-electron chi connectivity index (χ0n) is 20.3. The van der Waals surface area contributed by atoms with Crippen LogP contribution in [-0.2, 0) is 6.54 Å². The normalized spacial score (nSPS) is 13.6. The van der Waals surface area contributed by atoms with Gasteiger partial charge in [-0.1, -0.05) is 42.5 Å². The van der Waals surface area contributed by atoms with E-state index in [9.17, 15) is 9.59 Å². The molecule has 1 aromatic heterocycles. The van der Waals surface area contributed by atoms with Crippen LogP contribution in [0.2, 0.25) is 0 Å². The summed E-state index contributed by atoms with van der Waals surface area (Å²) in [5, 5.41) is 2.94. The van der Waals surface area contributed by atoms with Crippen molar-refractivity contribution >= 4 is 28.6 Å². The standard InChI is InChI=1S/C28H29N5O3/c1-2-36-23-14-12-22(13-15-23)29-28(35)32-18-16-31(17-19-32)26-27(34)33(20-21-8-4-3-5-9-21)25-11-7-6-10-24(25)30-26/h3-15H,2,16-20H2,1H3,(H,29,35). The number of piperazine rings is 1. The number of aromatic nitrogens is 2. The van der Waals surface area contributed by atoms with Gasteiger partial charge in [0.1, 0.15) is 5.75 Å². The summed E-state index contributed by atoms with van der Waals surface area (Å²) in [5.41, 5.74) is 3.23. The fourth-order valence-corrected chi connectivity index (χ4v) is 4.43. The molecule has 2 amide bonds. The molecule has 1 aliphatic heterocycles. The lowest BCUT2D eigenvalue weighted by atomic mass is 10.2. The average Bonchev–Trinajstić information content (AvgIpc) is 2.92. The second-order valence-corrected chi connectivity index (χ2v) is 8.66. The van der Waals surface area contributed by atoms with Crippen LogP contribution in [0, 0.1) is 0 Å². The van der Waals surface area contributed by atoms with Crippen LogP contribution in [0.5, 0.6) is 5.75 Å². The number of rotatable bonds is 6. The number of ether oxygens (including phenoxy) is 1. The Labute approximate surface area is 209 Å². The van der Waals surface area contributed by atoms with Gasteiger partial charge in [0.05, 0.1) is 24.2 Å². The molecule has 1 fully saturated rings. The predicted octanol–water partition coefficient (Wildman–Crippen LogP) is 4.20. The van der Waals surface area contributed by atoms with E-state index in [1.54, 1.807) is 9.47 Å². The molecular formula is C28H29N5O3. The Morgan fingerprint density at radius 3 is 2.33 bits per heavy atom. The first-order chi connectivity index (χ1) is 17.6. The second kappa shape index (κ2) is 10.5. The van der Waals surface area contributed by atoms with Crippen LogP contribution in [0.25, 0.3) is 11.0 Å². The molecule has 0 bridgehead atoms. The van der Waals surface area contributed by atoms with E-state index in [2.05, 4.69) is 5.32 Å². The molecule has 0 atom stereocenters. The van der Waals surface area contributed by atoms with Gasteiger partial charge in [0, 0.05) is 31.9 Å². The number of carbonyl (C=O) groups excluding carboxylic acids is 1. The molecule has 3 aromatic carbocycles. The van der Waals surface area contributed by atoms with E-state index in [4.69, 9.17) is 9.72 Å². The number of para-hydroxylation sites is 2.